The number of H-pyrrole nitrogens is 1. The minimum atomic E-state index is -0.282. The van der Waals surface area contributed by atoms with Crippen LogP contribution in [0.2, 0.25) is 0 Å². The van der Waals surface area contributed by atoms with Crippen LogP contribution in [0.5, 0.6) is 11.5 Å². The third-order valence-electron chi connectivity index (χ3n) is 5.18. The number of methoxy groups -OCH3 is 2. The maximum atomic E-state index is 12.8. The van der Waals surface area contributed by atoms with Gasteiger partial charge in [0, 0.05) is 16.6 Å². The van der Waals surface area contributed by atoms with Gasteiger partial charge in [0.15, 0.2) is 11.5 Å². The van der Waals surface area contributed by atoms with Gasteiger partial charge in [0.2, 0.25) is 0 Å². The fourth-order valence-electron chi connectivity index (χ4n) is 3.55. The van der Waals surface area contributed by atoms with Crippen molar-refractivity contribution in [3.63, 3.8) is 0 Å². The summed E-state index contributed by atoms with van der Waals surface area (Å²) < 4.78 is 10.8. The first-order chi connectivity index (χ1) is 16.2. The monoisotopic (exact) mass is 456 g/mol. The molecule has 8 heteroatoms. The molecular weight excluding hydrogens is 436 g/mol. The lowest BCUT2D eigenvalue weighted by Gasteiger charge is -2.10. The summed E-state index contributed by atoms with van der Waals surface area (Å²) in [5, 5.41) is 5.30. The highest BCUT2D eigenvalue weighted by Crippen LogP contribution is 2.39. The molecule has 0 radical (unpaired) electrons. The lowest BCUT2D eigenvalue weighted by molar-refractivity contribution is 0.102. The van der Waals surface area contributed by atoms with E-state index >= 15 is 0 Å². The lowest BCUT2D eigenvalue weighted by Crippen LogP contribution is -2.12. The molecule has 0 unspecified atom stereocenters. The molecule has 1 amide bonds. The summed E-state index contributed by atoms with van der Waals surface area (Å²) in [6.07, 6.45) is 0. The van der Waals surface area contributed by atoms with E-state index in [2.05, 4.69) is 20.3 Å². The number of ether oxygens (including phenoxy) is 2. The van der Waals surface area contributed by atoms with E-state index < -0.39 is 0 Å². The number of anilines is 1. The molecule has 5 aromatic rings. The topological polar surface area (TPSA) is 89.1 Å². The van der Waals surface area contributed by atoms with Crippen LogP contribution in [0.15, 0.2) is 72.1 Å². The Bertz CT molecular complexity index is 1410. The fourth-order valence-corrected chi connectivity index (χ4v) is 4.38. The molecule has 5 rings (SSSR count). The van der Waals surface area contributed by atoms with Crippen LogP contribution in [-0.2, 0) is 0 Å². The van der Waals surface area contributed by atoms with Crippen molar-refractivity contribution >= 4 is 34.0 Å². The Morgan fingerprint density at radius 3 is 2.52 bits per heavy atom. The molecule has 2 aromatic heterocycles. The van der Waals surface area contributed by atoms with E-state index in [0.717, 1.165) is 28.0 Å². The van der Waals surface area contributed by atoms with E-state index in [0.29, 0.717) is 27.9 Å². The second-order valence-electron chi connectivity index (χ2n) is 7.21. The van der Waals surface area contributed by atoms with Crippen LogP contribution in [-0.4, -0.2) is 35.1 Å². The van der Waals surface area contributed by atoms with Crippen molar-refractivity contribution in [1.82, 2.24) is 15.0 Å². The Morgan fingerprint density at radius 2 is 1.76 bits per heavy atom. The van der Waals surface area contributed by atoms with E-state index in [4.69, 9.17) is 9.47 Å². The van der Waals surface area contributed by atoms with Crippen molar-refractivity contribution in [2.75, 3.05) is 19.5 Å². The van der Waals surface area contributed by atoms with Gasteiger partial charge in [-0.2, -0.15) is 0 Å². The van der Waals surface area contributed by atoms with Gasteiger partial charge in [-0.05, 0) is 48.5 Å². The molecule has 3 aromatic carbocycles. The zero-order chi connectivity index (χ0) is 22.8. The second kappa shape index (κ2) is 8.76. The number of hydrogen-bond donors (Lipinski definition) is 2. The maximum absolute atomic E-state index is 12.8. The number of rotatable bonds is 6. The Morgan fingerprint density at radius 1 is 0.939 bits per heavy atom. The predicted molar refractivity (Wildman–Crippen MR) is 130 cm³/mol. The Hall–Kier alpha value is -4.17. The number of benzene rings is 3. The molecule has 0 fully saturated rings. The Balaban J connectivity index is 1.33. The van der Waals surface area contributed by atoms with E-state index in [1.54, 1.807) is 19.6 Å². The molecule has 0 aliphatic carbocycles. The van der Waals surface area contributed by atoms with Gasteiger partial charge in [-0.1, -0.05) is 18.2 Å². The summed E-state index contributed by atoms with van der Waals surface area (Å²) in [5.41, 5.74) is 4.62. The normalized spacial score (nSPS) is 10.8. The third-order valence-corrected chi connectivity index (χ3v) is 6.05. The standard InChI is InChI=1S/C25H20N4O3S/c1-31-21-9-5-6-17(22(21)32-2)25-29-20(14-33-25)24(30)26-16-12-10-15(11-13-16)23-27-18-7-3-4-8-19(18)28-23/h3-14H,1-2H3,(H,26,30)(H,27,28). The molecule has 2 N–H and O–H groups in total. The summed E-state index contributed by atoms with van der Waals surface area (Å²) in [7, 11) is 3.17. The summed E-state index contributed by atoms with van der Waals surface area (Å²) in [6.45, 7) is 0. The van der Waals surface area contributed by atoms with Gasteiger partial charge < -0.3 is 19.8 Å². The number of nitrogens with one attached hydrogen (secondary N) is 2. The quantitative estimate of drug-likeness (QED) is 0.346. The van der Waals surface area contributed by atoms with Gasteiger partial charge in [-0.15, -0.1) is 11.3 Å². The second-order valence-corrected chi connectivity index (χ2v) is 8.07. The summed E-state index contributed by atoms with van der Waals surface area (Å²) in [6, 6.07) is 21.0. The molecule has 0 saturated carbocycles. The molecule has 0 aliphatic rings. The van der Waals surface area contributed by atoms with Gasteiger partial charge in [-0.3, -0.25) is 4.79 Å². The third kappa shape index (κ3) is 4.04. The number of imidazole rings is 1. The fraction of sp³-hybridized carbons (Fsp3) is 0.0800. The number of carbonyl (C=O) groups is 1. The highest BCUT2D eigenvalue weighted by atomic mass is 32.1. The molecule has 0 aliphatic heterocycles. The minimum absolute atomic E-state index is 0.282. The molecule has 0 bridgehead atoms. The summed E-state index contributed by atoms with van der Waals surface area (Å²) in [4.78, 5) is 25.2. The Labute approximate surface area is 194 Å². The number of fused-ring (bicyclic) bond motifs is 1. The van der Waals surface area contributed by atoms with E-state index in [1.165, 1.54) is 11.3 Å². The number of amides is 1. The minimum Gasteiger partial charge on any atom is -0.493 e. The van der Waals surface area contributed by atoms with Crippen molar-refractivity contribution in [2.24, 2.45) is 0 Å². The first kappa shape index (κ1) is 20.7. The van der Waals surface area contributed by atoms with Gasteiger partial charge >= 0.3 is 0 Å². The van der Waals surface area contributed by atoms with Crippen LogP contribution >= 0.6 is 11.3 Å². The first-order valence-corrected chi connectivity index (χ1v) is 11.1. The largest absolute Gasteiger partial charge is 0.493 e. The van der Waals surface area contributed by atoms with Crippen LogP contribution in [0.1, 0.15) is 10.5 Å². The highest BCUT2D eigenvalue weighted by Gasteiger charge is 2.17. The van der Waals surface area contributed by atoms with Gasteiger partial charge in [0.05, 0.1) is 30.8 Å². The molecule has 7 nitrogen and oxygen atoms in total. The molecule has 33 heavy (non-hydrogen) atoms. The van der Waals surface area contributed by atoms with Gasteiger partial charge in [0.25, 0.3) is 5.91 Å². The van der Waals surface area contributed by atoms with E-state index in [1.807, 2.05) is 66.7 Å². The molecule has 2 heterocycles. The average molecular weight is 457 g/mol. The van der Waals surface area contributed by atoms with Crippen LogP contribution in [0.4, 0.5) is 5.69 Å². The Kier molecular flexibility index (Phi) is 5.50. The molecular formula is C25H20N4O3S. The summed E-state index contributed by atoms with van der Waals surface area (Å²) in [5.74, 6) is 1.70. The first-order valence-electron chi connectivity index (χ1n) is 10.2. The van der Waals surface area contributed by atoms with Crippen molar-refractivity contribution in [3.05, 3.63) is 77.8 Å². The van der Waals surface area contributed by atoms with Crippen molar-refractivity contribution in [3.8, 4) is 33.5 Å². The van der Waals surface area contributed by atoms with Crippen LogP contribution in [0, 0.1) is 0 Å². The average Bonchev–Trinajstić information content (AvgIpc) is 3.51. The maximum Gasteiger partial charge on any atom is 0.275 e. The number of hydrogen-bond acceptors (Lipinski definition) is 6. The van der Waals surface area contributed by atoms with Crippen molar-refractivity contribution in [2.45, 2.75) is 0 Å². The summed E-state index contributed by atoms with van der Waals surface area (Å²) >= 11 is 1.37. The van der Waals surface area contributed by atoms with Gasteiger partial charge in [-0.25, -0.2) is 9.97 Å². The van der Waals surface area contributed by atoms with E-state index in [9.17, 15) is 4.79 Å². The molecule has 0 spiro atoms. The molecule has 0 saturated heterocycles. The number of thiazole rings is 1. The predicted octanol–water partition coefficient (Wildman–Crippen LogP) is 5.62. The van der Waals surface area contributed by atoms with Crippen molar-refractivity contribution < 1.29 is 14.3 Å². The van der Waals surface area contributed by atoms with Crippen LogP contribution < -0.4 is 14.8 Å². The lowest BCUT2D eigenvalue weighted by atomic mass is 10.2. The molecule has 164 valence electrons. The zero-order valence-corrected chi connectivity index (χ0v) is 18.8. The van der Waals surface area contributed by atoms with E-state index in [-0.39, 0.29) is 5.91 Å². The number of aromatic nitrogens is 3. The number of aromatic amines is 1. The number of para-hydroxylation sites is 3. The number of nitrogens with zero attached hydrogens (tertiary/aromatic N) is 2. The van der Waals surface area contributed by atoms with Crippen LogP contribution in [0.3, 0.4) is 0 Å². The number of carbonyl (C=O) groups excluding carboxylic acids is 1. The highest BCUT2D eigenvalue weighted by molar-refractivity contribution is 7.13. The zero-order valence-electron chi connectivity index (χ0n) is 18.0. The molecule has 0 atom stereocenters. The smallest absolute Gasteiger partial charge is 0.275 e. The SMILES string of the molecule is COc1cccc(-c2nc(C(=O)Nc3ccc(-c4nc5ccccc5[nH]4)cc3)cs2)c1OC. The van der Waals surface area contributed by atoms with Crippen LogP contribution in [0.25, 0.3) is 33.0 Å². The van der Waals surface area contributed by atoms with Gasteiger partial charge in [0.1, 0.15) is 16.5 Å². The van der Waals surface area contributed by atoms with Crippen molar-refractivity contribution in [1.29, 1.82) is 0 Å².